The van der Waals surface area contributed by atoms with Gasteiger partial charge in [-0.15, -0.1) is 0 Å². The second-order valence-corrected chi connectivity index (χ2v) is 5.43. The molecule has 1 aliphatic heterocycles. The van der Waals surface area contributed by atoms with Crippen molar-refractivity contribution in [2.75, 3.05) is 6.54 Å². The molecule has 1 saturated heterocycles. The Labute approximate surface area is 111 Å². The van der Waals surface area contributed by atoms with Crippen LogP contribution in [0.1, 0.15) is 32.9 Å². The van der Waals surface area contributed by atoms with E-state index in [-0.39, 0.29) is 17.6 Å². The lowest BCUT2D eigenvalue weighted by Gasteiger charge is -2.28. The molecule has 1 unspecified atom stereocenters. The highest BCUT2D eigenvalue weighted by atomic mass is 16.3. The van der Waals surface area contributed by atoms with Gasteiger partial charge in [0.15, 0.2) is 0 Å². The molecule has 0 saturated carbocycles. The molecular formula is C14H19N3O2. The SMILES string of the molecule is CC(C)N1CCCC1n1c(=O)[nH]c2c(O)cccc21. The Bertz CT molecular complexity index is 656. The summed E-state index contributed by atoms with van der Waals surface area (Å²) >= 11 is 0. The summed E-state index contributed by atoms with van der Waals surface area (Å²) in [5.41, 5.74) is 1.17. The van der Waals surface area contributed by atoms with E-state index >= 15 is 0 Å². The first-order valence-corrected chi connectivity index (χ1v) is 6.77. The Morgan fingerprint density at radius 1 is 1.42 bits per heavy atom. The quantitative estimate of drug-likeness (QED) is 0.869. The van der Waals surface area contributed by atoms with E-state index in [0.717, 1.165) is 24.9 Å². The molecule has 102 valence electrons. The molecule has 5 heteroatoms. The van der Waals surface area contributed by atoms with Gasteiger partial charge in [0.05, 0.1) is 11.7 Å². The van der Waals surface area contributed by atoms with Crippen LogP contribution >= 0.6 is 0 Å². The number of nitrogens with zero attached hydrogens (tertiary/aromatic N) is 2. The van der Waals surface area contributed by atoms with Gasteiger partial charge < -0.3 is 10.1 Å². The molecular weight excluding hydrogens is 242 g/mol. The number of aromatic hydroxyl groups is 1. The molecule has 0 aliphatic carbocycles. The van der Waals surface area contributed by atoms with Crippen LogP contribution in [0.2, 0.25) is 0 Å². The topological polar surface area (TPSA) is 61.3 Å². The third-order valence-corrected chi connectivity index (χ3v) is 3.95. The van der Waals surface area contributed by atoms with Gasteiger partial charge in [-0.2, -0.15) is 0 Å². The Morgan fingerprint density at radius 2 is 2.21 bits per heavy atom. The molecule has 1 atom stereocenters. The monoisotopic (exact) mass is 261 g/mol. The van der Waals surface area contributed by atoms with Gasteiger partial charge in [0.1, 0.15) is 11.3 Å². The van der Waals surface area contributed by atoms with Crippen LogP contribution in [0.5, 0.6) is 5.75 Å². The molecule has 1 fully saturated rings. The third kappa shape index (κ3) is 1.85. The Balaban J connectivity index is 2.17. The first-order chi connectivity index (χ1) is 9.09. The molecule has 0 bridgehead atoms. The average molecular weight is 261 g/mol. The zero-order chi connectivity index (χ0) is 13.6. The molecule has 0 amide bonds. The standard InChI is InChI=1S/C14H19N3O2/c1-9(2)16-8-4-7-12(16)17-10-5-3-6-11(18)13(10)15-14(17)19/h3,5-6,9,12,18H,4,7-8H2,1-2H3,(H,15,19). The fourth-order valence-corrected chi connectivity index (χ4v) is 3.08. The van der Waals surface area contributed by atoms with E-state index < -0.39 is 0 Å². The molecule has 1 aromatic heterocycles. The highest BCUT2D eigenvalue weighted by Gasteiger charge is 2.30. The van der Waals surface area contributed by atoms with Gasteiger partial charge in [-0.1, -0.05) is 6.07 Å². The molecule has 5 nitrogen and oxygen atoms in total. The van der Waals surface area contributed by atoms with Crippen molar-refractivity contribution in [2.24, 2.45) is 0 Å². The van der Waals surface area contributed by atoms with Crippen LogP contribution in [0.15, 0.2) is 23.0 Å². The van der Waals surface area contributed by atoms with Crippen LogP contribution in [0.4, 0.5) is 0 Å². The summed E-state index contributed by atoms with van der Waals surface area (Å²) in [4.78, 5) is 17.3. The Morgan fingerprint density at radius 3 is 2.95 bits per heavy atom. The average Bonchev–Trinajstić information content (AvgIpc) is 2.93. The fraction of sp³-hybridized carbons (Fsp3) is 0.500. The molecule has 0 radical (unpaired) electrons. The Hall–Kier alpha value is -1.75. The summed E-state index contributed by atoms with van der Waals surface area (Å²) in [7, 11) is 0. The predicted molar refractivity (Wildman–Crippen MR) is 74.3 cm³/mol. The first-order valence-electron chi connectivity index (χ1n) is 6.77. The van der Waals surface area contributed by atoms with E-state index in [1.165, 1.54) is 0 Å². The van der Waals surface area contributed by atoms with Crippen molar-refractivity contribution in [3.63, 3.8) is 0 Å². The van der Waals surface area contributed by atoms with Crippen molar-refractivity contribution < 1.29 is 5.11 Å². The van der Waals surface area contributed by atoms with Crippen molar-refractivity contribution in [3.05, 3.63) is 28.7 Å². The minimum Gasteiger partial charge on any atom is -0.506 e. The number of rotatable bonds is 2. The van der Waals surface area contributed by atoms with Crippen molar-refractivity contribution >= 4 is 11.0 Å². The molecule has 2 N–H and O–H groups in total. The lowest BCUT2D eigenvalue weighted by molar-refractivity contribution is 0.152. The number of hydrogen-bond acceptors (Lipinski definition) is 3. The van der Waals surface area contributed by atoms with Crippen molar-refractivity contribution in [1.29, 1.82) is 0 Å². The van der Waals surface area contributed by atoms with E-state index in [0.29, 0.717) is 11.6 Å². The number of fused-ring (bicyclic) bond motifs is 1. The molecule has 1 aromatic carbocycles. The van der Waals surface area contributed by atoms with Crippen molar-refractivity contribution in [1.82, 2.24) is 14.5 Å². The minimum absolute atomic E-state index is 0.0862. The maximum Gasteiger partial charge on any atom is 0.327 e. The van der Waals surface area contributed by atoms with Crippen molar-refractivity contribution in [2.45, 2.75) is 38.9 Å². The van der Waals surface area contributed by atoms with Crippen LogP contribution in [0, 0.1) is 0 Å². The minimum atomic E-state index is -0.144. The van der Waals surface area contributed by atoms with E-state index in [2.05, 4.69) is 23.7 Å². The van der Waals surface area contributed by atoms with E-state index in [1.807, 2.05) is 6.07 Å². The normalized spacial score (nSPS) is 20.7. The van der Waals surface area contributed by atoms with Crippen LogP contribution < -0.4 is 5.69 Å². The summed E-state index contributed by atoms with van der Waals surface area (Å²) in [6, 6.07) is 5.65. The van der Waals surface area contributed by atoms with E-state index in [9.17, 15) is 9.90 Å². The van der Waals surface area contributed by atoms with Gasteiger partial charge in [0.25, 0.3) is 0 Å². The smallest absolute Gasteiger partial charge is 0.327 e. The third-order valence-electron chi connectivity index (χ3n) is 3.95. The van der Waals surface area contributed by atoms with E-state index in [4.69, 9.17) is 0 Å². The number of aromatic amines is 1. The highest BCUT2D eigenvalue weighted by Crippen LogP contribution is 2.31. The summed E-state index contributed by atoms with van der Waals surface area (Å²) in [6.07, 6.45) is 2.16. The second kappa shape index (κ2) is 4.42. The van der Waals surface area contributed by atoms with E-state index in [1.54, 1.807) is 16.7 Å². The van der Waals surface area contributed by atoms with Gasteiger partial charge in [-0.25, -0.2) is 4.79 Å². The number of hydrogen-bond donors (Lipinski definition) is 2. The van der Waals surface area contributed by atoms with Gasteiger partial charge >= 0.3 is 5.69 Å². The second-order valence-electron chi connectivity index (χ2n) is 5.43. The molecule has 2 aromatic rings. The molecule has 2 heterocycles. The van der Waals surface area contributed by atoms with Crippen LogP contribution in [-0.2, 0) is 0 Å². The number of aromatic nitrogens is 2. The highest BCUT2D eigenvalue weighted by molar-refractivity contribution is 5.81. The summed E-state index contributed by atoms with van der Waals surface area (Å²) in [6.45, 7) is 5.31. The number of phenolic OH excluding ortho intramolecular Hbond substituents is 1. The number of likely N-dealkylation sites (tertiary alicyclic amines) is 1. The molecule has 0 spiro atoms. The number of para-hydroxylation sites is 1. The number of H-pyrrole nitrogens is 1. The summed E-state index contributed by atoms with van der Waals surface area (Å²) in [5.74, 6) is 0.127. The fourth-order valence-electron chi connectivity index (χ4n) is 3.08. The molecule has 1 aliphatic rings. The van der Waals surface area contributed by atoms with Gasteiger partial charge in [-0.3, -0.25) is 9.47 Å². The number of benzene rings is 1. The summed E-state index contributed by atoms with van der Waals surface area (Å²) in [5, 5.41) is 9.83. The van der Waals surface area contributed by atoms with Gasteiger partial charge in [0.2, 0.25) is 0 Å². The first kappa shape index (κ1) is 12.3. The zero-order valence-electron chi connectivity index (χ0n) is 11.3. The van der Waals surface area contributed by atoms with Gasteiger partial charge in [0, 0.05) is 12.6 Å². The number of nitrogens with one attached hydrogen (secondary N) is 1. The maximum absolute atomic E-state index is 12.2. The predicted octanol–water partition coefficient (Wildman–Crippen LogP) is 2.04. The lowest BCUT2D eigenvalue weighted by atomic mass is 10.2. The van der Waals surface area contributed by atoms with Gasteiger partial charge in [-0.05, 0) is 38.8 Å². The zero-order valence-corrected chi connectivity index (χ0v) is 11.3. The van der Waals surface area contributed by atoms with Crippen molar-refractivity contribution in [3.8, 4) is 5.75 Å². The van der Waals surface area contributed by atoms with Crippen LogP contribution in [0.25, 0.3) is 11.0 Å². The largest absolute Gasteiger partial charge is 0.506 e. The number of imidazole rings is 1. The van der Waals surface area contributed by atoms with Crippen LogP contribution in [0.3, 0.4) is 0 Å². The van der Waals surface area contributed by atoms with Crippen LogP contribution in [-0.4, -0.2) is 32.1 Å². The lowest BCUT2D eigenvalue weighted by Crippen LogP contribution is -2.37. The molecule has 3 rings (SSSR count). The number of phenols is 1. The Kier molecular flexibility index (Phi) is 2.86. The summed E-state index contributed by atoms with van der Waals surface area (Å²) < 4.78 is 1.78. The molecule has 19 heavy (non-hydrogen) atoms. The maximum atomic E-state index is 12.2.